The third-order valence-corrected chi connectivity index (χ3v) is 4.15. The van der Waals surface area contributed by atoms with Gasteiger partial charge in [-0.2, -0.15) is 0 Å². The molecule has 1 aliphatic rings. The number of anilines is 2. The molecule has 118 valence electrons. The van der Waals surface area contributed by atoms with Crippen molar-refractivity contribution in [3.05, 3.63) is 52.5 Å². The van der Waals surface area contributed by atoms with Crippen molar-refractivity contribution in [2.75, 3.05) is 23.9 Å². The summed E-state index contributed by atoms with van der Waals surface area (Å²) in [5.74, 6) is -0.0600. The first-order chi connectivity index (χ1) is 11.0. The summed E-state index contributed by atoms with van der Waals surface area (Å²) in [4.78, 5) is 25.7. The largest absolute Gasteiger partial charge is 0.481 e. The molecule has 3 rings (SSSR count). The highest BCUT2D eigenvalue weighted by molar-refractivity contribution is 6.31. The number of fused-ring (bicyclic) bond motifs is 1. The summed E-state index contributed by atoms with van der Waals surface area (Å²) in [5.41, 5.74) is 2.49. The standard InChI is InChI=1S/C17H15ClN2O3/c1-10-6-7-11(8-13(10)18)19-17(22)12-4-3-5-14-16(12)23-9-15(21)20(14)2/h3-8H,9H2,1-2H3,(H,19,22). The van der Waals surface area contributed by atoms with Crippen LogP contribution in [0.15, 0.2) is 36.4 Å². The molecule has 6 heteroatoms. The van der Waals surface area contributed by atoms with Crippen LogP contribution in [0.1, 0.15) is 15.9 Å². The monoisotopic (exact) mass is 330 g/mol. The van der Waals surface area contributed by atoms with Crippen LogP contribution in [-0.2, 0) is 4.79 Å². The molecule has 23 heavy (non-hydrogen) atoms. The Morgan fingerprint density at radius 3 is 2.83 bits per heavy atom. The van der Waals surface area contributed by atoms with Crippen molar-refractivity contribution >= 4 is 34.8 Å². The van der Waals surface area contributed by atoms with Gasteiger partial charge in [0.15, 0.2) is 12.4 Å². The number of amides is 2. The van der Waals surface area contributed by atoms with Crippen LogP contribution in [0.5, 0.6) is 5.75 Å². The molecule has 0 bridgehead atoms. The van der Waals surface area contributed by atoms with Gasteiger partial charge in [0.05, 0.1) is 11.3 Å². The lowest BCUT2D eigenvalue weighted by atomic mass is 10.1. The van der Waals surface area contributed by atoms with Gasteiger partial charge in [-0.25, -0.2) is 0 Å². The Bertz CT molecular complexity index is 804. The molecular weight excluding hydrogens is 316 g/mol. The lowest BCUT2D eigenvalue weighted by molar-refractivity contribution is -0.121. The fourth-order valence-corrected chi connectivity index (χ4v) is 2.53. The molecule has 0 unspecified atom stereocenters. The van der Waals surface area contributed by atoms with E-state index >= 15 is 0 Å². The summed E-state index contributed by atoms with van der Waals surface area (Å²) < 4.78 is 5.46. The average molecular weight is 331 g/mol. The number of rotatable bonds is 2. The van der Waals surface area contributed by atoms with Crippen molar-refractivity contribution in [3.8, 4) is 5.75 Å². The number of nitrogens with one attached hydrogen (secondary N) is 1. The molecule has 0 fully saturated rings. The fourth-order valence-electron chi connectivity index (χ4n) is 2.35. The van der Waals surface area contributed by atoms with Crippen molar-refractivity contribution in [3.63, 3.8) is 0 Å². The number of likely N-dealkylation sites (N-methyl/N-ethyl adjacent to an activating group) is 1. The summed E-state index contributed by atoms with van der Waals surface area (Å²) >= 11 is 6.07. The van der Waals surface area contributed by atoms with Gasteiger partial charge in [-0.15, -0.1) is 0 Å². The van der Waals surface area contributed by atoms with Gasteiger partial charge in [-0.1, -0.05) is 23.7 Å². The minimum absolute atomic E-state index is 0.0792. The maximum absolute atomic E-state index is 12.5. The first-order valence-electron chi connectivity index (χ1n) is 7.07. The molecule has 5 nitrogen and oxygen atoms in total. The smallest absolute Gasteiger partial charge is 0.264 e. The number of carbonyl (C=O) groups excluding carboxylic acids is 2. The number of benzene rings is 2. The number of carbonyl (C=O) groups is 2. The van der Waals surface area contributed by atoms with Gasteiger partial charge in [0.1, 0.15) is 0 Å². The molecule has 1 aliphatic heterocycles. The zero-order valence-corrected chi connectivity index (χ0v) is 13.5. The van der Waals surface area contributed by atoms with Crippen LogP contribution < -0.4 is 15.0 Å². The van der Waals surface area contributed by atoms with Crippen LogP contribution in [0, 0.1) is 6.92 Å². The molecule has 2 aromatic carbocycles. The Morgan fingerprint density at radius 2 is 2.09 bits per heavy atom. The minimum atomic E-state index is -0.315. The van der Waals surface area contributed by atoms with Gasteiger partial charge in [0, 0.05) is 17.8 Å². The molecule has 0 spiro atoms. The first kappa shape index (κ1) is 15.4. The summed E-state index contributed by atoms with van der Waals surface area (Å²) in [6.07, 6.45) is 0. The van der Waals surface area contributed by atoms with E-state index in [0.717, 1.165) is 5.56 Å². The van der Waals surface area contributed by atoms with E-state index in [0.29, 0.717) is 27.7 Å². The van der Waals surface area contributed by atoms with Crippen molar-refractivity contribution in [2.24, 2.45) is 0 Å². The van der Waals surface area contributed by atoms with E-state index in [1.54, 1.807) is 37.4 Å². The van der Waals surface area contributed by atoms with Gasteiger partial charge in [-0.05, 0) is 36.8 Å². The number of para-hydroxylation sites is 1. The van der Waals surface area contributed by atoms with Crippen LogP contribution in [0.3, 0.4) is 0 Å². The summed E-state index contributed by atoms with van der Waals surface area (Å²) in [6.45, 7) is 1.81. The van der Waals surface area contributed by atoms with Crippen LogP contribution >= 0.6 is 11.6 Å². The molecule has 0 atom stereocenters. The average Bonchev–Trinajstić information content (AvgIpc) is 2.54. The van der Waals surface area contributed by atoms with E-state index in [1.165, 1.54) is 4.90 Å². The number of ether oxygens (including phenoxy) is 1. The molecule has 1 heterocycles. The highest BCUT2D eigenvalue weighted by atomic mass is 35.5. The molecular formula is C17H15ClN2O3. The highest BCUT2D eigenvalue weighted by Crippen LogP contribution is 2.35. The lowest BCUT2D eigenvalue weighted by Crippen LogP contribution is -2.36. The van der Waals surface area contributed by atoms with E-state index < -0.39 is 0 Å². The van der Waals surface area contributed by atoms with Crippen LogP contribution in [-0.4, -0.2) is 25.5 Å². The van der Waals surface area contributed by atoms with Crippen molar-refractivity contribution in [1.82, 2.24) is 0 Å². The Morgan fingerprint density at radius 1 is 1.30 bits per heavy atom. The predicted molar refractivity (Wildman–Crippen MR) is 89.5 cm³/mol. The molecule has 2 amide bonds. The second-order valence-corrected chi connectivity index (χ2v) is 5.72. The van der Waals surface area contributed by atoms with Crippen LogP contribution in [0.4, 0.5) is 11.4 Å². The number of halogens is 1. The van der Waals surface area contributed by atoms with Gasteiger partial charge >= 0.3 is 0 Å². The zero-order valence-electron chi connectivity index (χ0n) is 12.7. The number of hydrogen-bond donors (Lipinski definition) is 1. The van der Waals surface area contributed by atoms with E-state index in [9.17, 15) is 9.59 Å². The Kier molecular flexibility index (Phi) is 3.96. The normalized spacial score (nSPS) is 13.3. The third kappa shape index (κ3) is 2.87. The summed E-state index contributed by atoms with van der Waals surface area (Å²) in [5, 5.41) is 3.38. The molecule has 2 aromatic rings. The quantitative estimate of drug-likeness (QED) is 0.919. The maximum atomic E-state index is 12.5. The SMILES string of the molecule is Cc1ccc(NC(=O)c2cccc3c2OCC(=O)N3C)cc1Cl. The Labute approximate surface area is 138 Å². The zero-order chi connectivity index (χ0) is 16.6. The predicted octanol–water partition coefficient (Wildman–Crippen LogP) is 3.26. The fraction of sp³-hybridized carbons (Fsp3) is 0.176. The number of aryl methyl sites for hydroxylation is 1. The molecule has 1 N–H and O–H groups in total. The second-order valence-electron chi connectivity index (χ2n) is 5.31. The maximum Gasteiger partial charge on any atom is 0.264 e. The topological polar surface area (TPSA) is 58.6 Å². The minimum Gasteiger partial charge on any atom is -0.481 e. The second kappa shape index (κ2) is 5.93. The lowest BCUT2D eigenvalue weighted by Gasteiger charge is -2.27. The van der Waals surface area contributed by atoms with Gasteiger partial charge in [-0.3, -0.25) is 9.59 Å². The molecule has 0 saturated heterocycles. The van der Waals surface area contributed by atoms with Gasteiger partial charge in [0.25, 0.3) is 11.8 Å². The van der Waals surface area contributed by atoms with Crippen molar-refractivity contribution < 1.29 is 14.3 Å². The molecule has 0 aromatic heterocycles. The van der Waals surface area contributed by atoms with E-state index in [-0.39, 0.29) is 18.4 Å². The van der Waals surface area contributed by atoms with E-state index in [2.05, 4.69) is 5.32 Å². The van der Waals surface area contributed by atoms with Crippen LogP contribution in [0.2, 0.25) is 5.02 Å². The van der Waals surface area contributed by atoms with E-state index in [1.807, 2.05) is 13.0 Å². The molecule has 0 radical (unpaired) electrons. The third-order valence-electron chi connectivity index (χ3n) is 3.74. The summed E-state index contributed by atoms with van der Waals surface area (Å²) in [6, 6.07) is 10.4. The van der Waals surface area contributed by atoms with Crippen molar-refractivity contribution in [2.45, 2.75) is 6.92 Å². The number of hydrogen-bond acceptors (Lipinski definition) is 3. The molecule has 0 aliphatic carbocycles. The number of nitrogens with zero attached hydrogens (tertiary/aromatic N) is 1. The van der Waals surface area contributed by atoms with E-state index in [4.69, 9.17) is 16.3 Å². The highest BCUT2D eigenvalue weighted by Gasteiger charge is 2.26. The molecule has 0 saturated carbocycles. The van der Waals surface area contributed by atoms with Crippen LogP contribution in [0.25, 0.3) is 0 Å². The Balaban J connectivity index is 1.91. The summed E-state index contributed by atoms with van der Waals surface area (Å²) in [7, 11) is 1.66. The first-order valence-corrected chi connectivity index (χ1v) is 7.45. The van der Waals surface area contributed by atoms with Gasteiger partial charge < -0.3 is 15.0 Å². The van der Waals surface area contributed by atoms with Gasteiger partial charge in [0.2, 0.25) is 0 Å². The van der Waals surface area contributed by atoms with Crippen molar-refractivity contribution in [1.29, 1.82) is 0 Å². The Hall–Kier alpha value is -2.53.